The predicted octanol–water partition coefficient (Wildman–Crippen LogP) is 3.75. The van der Waals surface area contributed by atoms with E-state index in [0.717, 1.165) is 36.2 Å². The van der Waals surface area contributed by atoms with Gasteiger partial charge in [0.15, 0.2) is 0 Å². The Morgan fingerprint density at radius 2 is 1.93 bits per heavy atom. The smallest absolute Gasteiger partial charge is 0.314 e. The molecule has 1 aromatic heterocycles. The molecule has 1 saturated carbocycles. The molecule has 0 bridgehead atoms. The molecule has 0 radical (unpaired) electrons. The Kier molecular flexibility index (Phi) is 5.11. The molecule has 0 spiro atoms. The fourth-order valence-electron chi connectivity index (χ4n) is 4.71. The molecule has 0 saturated heterocycles. The molecule has 4 rings (SSSR count). The van der Waals surface area contributed by atoms with E-state index in [0.29, 0.717) is 30.7 Å². The zero-order chi connectivity index (χ0) is 20.6. The number of nitrogens with zero attached hydrogens (tertiary/aromatic N) is 3. The molecule has 1 aliphatic heterocycles. The minimum absolute atomic E-state index is 0.0703. The summed E-state index contributed by atoms with van der Waals surface area (Å²) in [6.45, 7) is 6.53. The van der Waals surface area contributed by atoms with Gasteiger partial charge >= 0.3 is 5.97 Å². The minimum Gasteiger partial charge on any atom is -0.465 e. The van der Waals surface area contributed by atoms with Gasteiger partial charge in [-0.05, 0) is 58.2 Å². The number of aromatic nitrogens is 2. The summed E-state index contributed by atoms with van der Waals surface area (Å²) in [5, 5.41) is 0. The first-order valence-corrected chi connectivity index (χ1v) is 10.3. The predicted molar refractivity (Wildman–Crippen MR) is 111 cm³/mol. The maximum atomic E-state index is 13.5. The van der Waals surface area contributed by atoms with Crippen LogP contribution >= 0.6 is 0 Å². The lowest BCUT2D eigenvalue weighted by atomic mass is 9.78. The van der Waals surface area contributed by atoms with E-state index in [1.807, 2.05) is 56.0 Å². The van der Waals surface area contributed by atoms with Crippen LogP contribution in [-0.4, -0.2) is 45.9 Å². The van der Waals surface area contributed by atoms with Crippen molar-refractivity contribution >= 4 is 22.9 Å². The highest BCUT2D eigenvalue weighted by Gasteiger charge is 2.53. The van der Waals surface area contributed by atoms with E-state index in [4.69, 9.17) is 4.74 Å². The van der Waals surface area contributed by atoms with Gasteiger partial charge in [-0.15, -0.1) is 0 Å². The Hall–Kier alpha value is -2.76. The Balaban J connectivity index is 1.70. The topological polar surface area (TPSA) is 72.4 Å². The molecule has 1 amide bonds. The van der Waals surface area contributed by atoms with Gasteiger partial charge in [0.1, 0.15) is 0 Å². The summed E-state index contributed by atoms with van der Waals surface area (Å²) >= 11 is 0. The van der Waals surface area contributed by atoms with Crippen molar-refractivity contribution in [2.45, 2.75) is 52.5 Å². The second kappa shape index (κ2) is 7.58. The number of ether oxygens (including phenoxy) is 1. The fourth-order valence-corrected chi connectivity index (χ4v) is 4.71. The number of hydrogen-bond donors (Lipinski definition) is 0. The molecular weight excluding hydrogens is 366 g/mol. The van der Waals surface area contributed by atoms with Crippen molar-refractivity contribution in [3.8, 4) is 0 Å². The van der Waals surface area contributed by atoms with E-state index in [1.165, 1.54) is 0 Å². The Bertz CT molecular complexity index is 1000. The number of amides is 1. The Morgan fingerprint density at radius 3 is 2.69 bits per heavy atom. The molecule has 2 aromatic rings. The minimum atomic E-state index is -0.636. The van der Waals surface area contributed by atoms with Gasteiger partial charge in [0.05, 0.1) is 34.4 Å². The van der Waals surface area contributed by atoms with Gasteiger partial charge in [-0.1, -0.05) is 18.6 Å². The first kappa shape index (κ1) is 19.6. The average molecular weight is 393 g/mol. The van der Waals surface area contributed by atoms with Crippen molar-refractivity contribution in [1.29, 1.82) is 0 Å². The summed E-state index contributed by atoms with van der Waals surface area (Å²) in [6, 6.07) is 5.32. The Labute approximate surface area is 171 Å². The van der Waals surface area contributed by atoms with Crippen LogP contribution < -0.4 is 0 Å². The maximum absolute atomic E-state index is 13.5. The van der Waals surface area contributed by atoms with Crippen LogP contribution in [0.4, 0.5) is 0 Å². The van der Waals surface area contributed by atoms with Crippen LogP contribution in [0.1, 0.15) is 54.4 Å². The molecule has 152 valence electrons. The number of esters is 1. The van der Waals surface area contributed by atoms with Crippen molar-refractivity contribution < 1.29 is 14.3 Å². The van der Waals surface area contributed by atoms with Crippen molar-refractivity contribution in [3.05, 3.63) is 47.3 Å². The molecule has 1 aromatic carbocycles. The van der Waals surface area contributed by atoms with Gasteiger partial charge in [0.25, 0.3) is 5.91 Å². The average Bonchev–Trinajstić information content (AvgIpc) is 3.04. The summed E-state index contributed by atoms with van der Waals surface area (Å²) in [6.07, 6.45) is 7.14. The van der Waals surface area contributed by atoms with E-state index in [9.17, 15) is 9.59 Å². The lowest BCUT2D eigenvalue weighted by Crippen LogP contribution is -2.50. The molecule has 2 atom stereocenters. The van der Waals surface area contributed by atoms with Crippen molar-refractivity contribution in [1.82, 2.24) is 14.9 Å². The van der Waals surface area contributed by atoms with Gasteiger partial charge in [-0.3, -0.25) is 9.59 Å². The number of hydrogen-bond acceptors (Lipinski definition) is 5. The van der Waals surface area contributed by atoms with Crippen molar-refractivity contribution in [2.24, 2.45) is 5.41 Å². The second-order valence-corrected chi connectivity index (χ2v) is 8.02. The second-order valence-electron chi connectivity index (χ2n) is 8.02. The van der Waals surface area contributed by atoms with Gasteiger partial charge in [0.2, 0.25) is 0 Å². The lowest BCUT2D eigenvalue weighted by molar-refractivity contribution is -0.157. The van der Waals surface area contributed by atoms with Crippen LogP contribution in [0.15, 0.2) is 30.4 Å². The quantitative estimate of drug-likeness (QED) is 0.587. The van der Waals surface area contributed by atoms with Gasteiger partial charge in [-0.25, -0.2) is 9.97 Å². The van der Waals surface area contributed by atoms with E-state index >= 15 is 0 Å². The summed E-state index contributed by atoms with van der Waals surface area (Å²) in [7, 11) is 0. The number of carbonyl (C=O) groups is 2. The highest BCUT2D eigenvalue weighted by atomic mass is 16.5. The van der Waals surface area contributed by atoms with E-state index in [2.05, 4.69) is 9.97 Å². The maximum Gasteiger partial charge on any atom is 0.314 e. The Morgan fingerprint density at radius 1 is 1.17 bits per heavy atom. The molecule has 0 N–H and O–H groups in total. The van der Waals surface area contributed by atoms with Crippen LogP contribution in [0.2, 0.25) is 0 Å². The van der Waals surface area contributed by atoms with Gasteiger partial charge < -0.3 is 9.64 Å². The number of benzene rings is 1. The molecule has 2 aliphatic rings. The summed E-state index contributed by atoms with van der Waals surface area (Å²) in [4.78, 5) is 37.4. The largest absolute Gasteiger partial charge is 0.465 e. The zero-order valence-electron chi connectivity index (χ0n) is 17.3. The fraction of sp³-hybridized carbons (Fsp3) is 0.478. The first-order valence-electron chi connectivity index (χ1n) is 10.3. The molecule has 6 heteroatoms. The number of rotatable bonds is 3. The highest BCUT2D eigenvalue weighted by Crippen LogP contribution is 2.47. The molecule has 0 unspecified atom stereocenters. The standard InChI is InChI=1S/C23H27N3O3/c1-4-29-22(28)23-11-5-6-13-26(20(23)8-7-12-23)21(27)17-9-10-18-19(14-17)25-16(3)15(2)24-18/h5-6,9-10,14,20H,4,7-8,11-13H2,1-3H3/t20-,23-/m1/s1. The molecular formula is C23H27N3O3. The third-order valence-electron chi connectivity index (χ3n) is 6.33. The van der Waals surface area contributed by atoms with Gasteiger partial charge in [0, 0.05) is 18.2 Å². The van der Waals surface area contributed by atoms with Crippen LogP contribution in [0.5, 0.6) is 0 Å². The first-order chi connectivity index (χ1) is 14.0. The highest BCUT2D eigenvalue weighted by molar-refractivity contribution is 5.98. The SMILES string of the molecule is CCOC(=O)[C@@]12CC=CCN(C(=O)c3ccc4nc(C)c(C)nc4c3)[C@@H]1CCC2. The van der Waals surface area contributed by atoms with E-state index in [-0.39, 0.29) is 17.9 Å². The van der Waals surface area contributed by atoms with Crippen molar-refractivity contribution in [2.75, 3.05) is 13.2 Å². The molecule has 6 nitrogen and oxygen atoms in total. The molecule has 2 heterocycles. The van der Waals surface area contributed by atoms with Crippen LogP contribution in [0.25, 0.3) is 11.0 Å². The third-order valence-corrected chi connectivity index (χ3v) is 6.33. The van der Waals surface area contributed by atoms with Crippen LogP contribution in [-0.2, 0) is 9.53 Å². The molecule has 1 aliphatic carbocycles. The normalized spacial score (nSPS) is 23.7. The number of fused-ring (bicyclic) bond motifs is 2. The number of allylic oxidation sites excluding steroid dienone is 1. The lowest BCUT2D eigenvalue weighted by Gasteiger charge is -2.38. The monoisotopic (exact) mass is 393 g/mol. The molecule has 29 heavy (non-hydrogen) atoms. The number of aryl methyl sites for hydroxylation is 2. The zero-order valence-corrected chi connectivity index (χ0v) is 17.3. The summed E-state index contributed by atoms with van der Waals surface area (Å²) < 4.78 is 5.43. The van der Waals surface area contributed by atoms with Crippen LogP contribution in [0, 0.1) is 19.3 Å². The van der Waals surface area contributed by atoms with E-state index < -0.39 is 5.41 Å². The molecule has 1 fully saturated rings. The summed E-state index contributed by atoms with van der Waals surface area (Å²) in [5.74, 6) is -0.249. The van der Waals surface area contributed by atoms with E-state index in [1.54, 1.807) is 0 Å². The van der Waals surface area contributed by atoms with Gasteiger partial charge in [-0.2, -0.15) is 0 Å². The van der Waals surface area contributed by atoms with Crippen LogP contribution in [0.3, 0.4) is 0 Å². The summed E-state index contributed by atoms with van der Waals surface area (Å²) in [5.41, 5.74) is 3.18. The van der Waals surface area contributed by atoms with Crippen molar-refractivity contribution in [3.63, 3.8) is 0 Å². The number of carbonyl (C=O) groups excluding carboxylic acids is 2. The third kappa shape index (κ3) is 3.30.